The van der Waals surface area contributed by atoms with E-state index in [4.69, 9.17) is 5.11 Å². The molecule has 1 aromatic heterocycles. The van der Waals surface area contributed by atoms with Gasteiger partial charge in [-0.15, -0.1) is 0 Å². The maximum atomic E-state index is 12.2. The molecule has 0 aromatic carbocycles. The second-order valence-corrected chi connectivity index (χ2v) is 4.87. The highest BCUT2D eigenvalue weighted by molar-refractivity contribution is 5.85. The van der Waals surface area contributed by atoms with Gasteiger partial charge in [-0.1, -0.05) is 0 Å². The van der Waals surface area contributed by atoms with Crippen molar-refractivity contribution in [2.24, 2.45) is 0 Å². The molecule has 0 aliphatic carbocycles. The lowest BCUT2D eigenvalue weighted by atomic mass is 9.96. The summed E-state index contributed by atoms with van der Waals surface area (Å²) in [6.45, 7) is -0.856. The number of carboxylic acids is 1. The number of carbonyl (C=O) groups is 2. The van der Waals surface area contributed by atoms with Gasteiger partial charge in [-0.2, -0.15) is 18.3 Å². The van der Waals surface area contributed by atoms with Gasteiger partial charge in [0.2, 0.25) is 0 Å². The highest BCUT2D eigenvalue weighted by Crippen LogP contribution is 2.27. The van der Waals surface area contributed by atoms with E-state index in [9.17, 15) is 22.8 Å². The van der Waals surface area contributed by atoms with E-state index in [1.807, 2.05) is 0 Å². The minimum atomic E-state index is -4.44. The first-order chi connectivity index (χ1) is 9.67. The van der Waals surface area contributed by atoms with Crippen molar-refractivity contribution in [2.45, 2.75) is 12.1 Å². The van der Waals surface area contributed by atoms with Gasteiger partial charge in [0.05, 0.1) is 0 Å². The normalized spacial score (nSPS) is 15.7. The average molecular weight is 306 g/mol. The molecule has 1 aliphatic rings. The third-order valence-electron chi connectivity index (χ3n) is 3.15. The van der Waals surface area contributed by atoms with Crippen molar-refractivity contribution in [1.29, 1.82) is 0 Å². The number of halogens is 3. The number of amides is 2. The summed E-state index contributed by atoms with van der Waals surface area (Å²) in [5, 5.41) is 14.9. The number of aromatic amines is 1. The van der Waals surface area contributed by atoms with Crippen LogP contribution in [0.3, 0.4) is 0 Å². The number of urea groups is 1. The Kier molecular flexibility index (Phi) is 3.79. The summed E-state index contributed by atoms with van der Waals surface area (Å²) in [6, 6.07) is 0.649. The average Bonchev–Trinajstić information content (AvgIpc) is 2.73. The van der Waals surface area contributed by atoms with Gasteiger partial charge in [0.1, 0.15) is 6.54 Å². The number of carboxylic acid groups (broad SMARTS) is 1. The summed E-state index contributed by atoms with van der Waals surface area (Å²) in [5.41, 5.74) is 0.416. The van der Waals surface area contributed by atoms with Crippen molar-refractivity contribution >= 4 is 12.0 Å². The Hall–Kier alpha value is -2.26. The lowest BCUT2D eigenvalue weighted by molar-refractivity contribution is -0.139. The monoisotopic (exact) mass is 306 g/mol. The molecule has 0 atom stereocenters. The van der Waals surface area contributed by atoms with Crippen LogP contribution < -0.4 is 0 Å². The standard InChI is InChI=1S/C11H13F3N4O3/c1-17(5-11(12,13)14)10(21)18-3-6(4-18)7-2-8(9(19)20)16-15-7/h2,6H,3-5H2,1H3,(H,15,16)(H,19,20). The number of hydrogen-bond donors (Lipinski definition) is 2. The van der Waals surface area contributed by atoms with Crippen molar-refractivity contribution in [3.8, 4) is 0 Å². The number of aromatic carboxylic acids is 1. The fourth-order valence-electron chi connectivity index (χ4n) is 2.06. The zero-order valence-corrected chi connectivity index (χ0v) is 11.0. The first-order valence-electron chi connectivity index (χ1n) is 6.03. The number of hydrogen-bond acceptors (Lipinski definition) is 3. The molecule has 1 aliphatic heterocycles. The molecule has 21 heavy (non-hydrogen) atoms. The number of carbonyl (C=O) groups excluding carboxylic acids is 1. The summed E-state index contributed by atoms with van der Waals surface area (Å²) < 4.78 is 36.6. The number of rotatable bonds is 3. The predicted molar refractivity (Wildman–Crippen MR) is 63.9 cm³/mol. The maximum absolute atomic E-state index is 12.2. The van der Waals surface area contributed by atoms with Crippen LogP contribution >= 0.6 is 0 Å². The van der Waals surface area contributed by atoms with E-state index in [0.29, 0.717) is 10.6 Å². The van der Waals surface area contributed by atoms with Gasteiger partial charge in [-0.05, 0) is 6.07 Å². The summed E-state index contributed by atoms with van der Waals surface area (Å²) in [5.74, 6) is -1.32. The number of H-pyrrole nitrogens is 1. The Balaban J connectivity index is 1.88. The number of likely N-dealkylation sites (tertiary alicyclic amines) is 1. The van der Waals surface area contributed by atoms with E-state index in [1.165, 1.54) is 11.0 Å². The molecule has 0 bridgehead atoms. The number of alkyl halides is 3. The number of nitrogens with one attached hydrogen (secondary N) is 1. The molecular formula is C11H13F3N4O3. The molecule has 1 saturated heterocycles. The Morgan fingerprint density at radius 3 is 2.62 bits per heavy atom. The van der Waals surface area contributed by atoms with Crippen molar-refractivity contribution < 1.29 is 27.9 Å². The number of nitrogens with zero attached hydrogens (tertiary/aromatic N) is 3. The largest absolute Gasteiger partial charge is 0.476 e. The van der Waals surface area contributed by atoms with E-state index >= 15 is 0 Å². The van der Waals surface area contributed by atoms with Gasteiger partial charge in [0, 0.05) is 31.7 Å². The predicted octanol–water partition coefficient (Wildman–Crippen LogP) is 1.12. The fraction of sp³-hybridized carbons (Fsp3) is 0.545. The minimum Gasteiger partial charge on any atom is -0.476 e. The van der Waals surface area contributed by atoms with Crippen LogP contribution in [0, 0.1) is 0 Å². The van der Waals surface area contributed by atoms with E-state index in [1.54, 1.807) is 0 Å². The third-order valence-corrected chi connectivity index (χ3v) is 3.15. The van der Waals surface area contributed by atoms with Crippen LogP contribution in [0.2, 0.25) is 0 Å². The van der Waals surface area contributed by atoms with Gasteiger partial charge in [-0.25, -0.2) is 9.59 Å². The molecule has 0 radical (unpaired) electrons. The molecule has 0 spiro atoms. The highest BCUT2D eigenvalue weighted by Gasteiger charge is 2.38. The van der Waals surface area contributed by atoms with Crippen LogP contribution in [0.25, 0.3) is 0 Å². The van der Waals surface area contributed by atoms with Crippen molar-refractivity contribution in [2.75, 3.05) is 26.7 Å². The van der Waals surface area contributed by atoms with E-state index < -0.39 is 24.7 Å². The zero-order chi connectivity index (χ0) is 15.8. The molecular weight excluding hydrogens is 293 g/mol. The quantitative estimate of drug-likeness (QED) is 0.875. The molecule has 1 aromatic rings. The minimum absolute atomic E-state index is 0.135. The molecule has 10 heteroatoms. The highest BCUT2D eigenvalue weighted by atomic mass is 19.4. The third kappa shape index (κ3) is 3.44. The molecule has 7 nitrogen and oxygen atoms in total. The SMILES string of the molecule is CN(CC(F)(F)F)C(=O)N1CC(c2cc(C(=O)O)n[nH]2)C1. The number of aromatic nitrogens is 2. The van der Waals surface area contributed by atoms with Gasteiger partial charge in [0.15, 0.2) is 5.69 Å². The van der Waals surface area contributed by atoms with Gasteiger partial charge in [0.25, 0.3) is 0 Å². The summed E-state index contributed by atoms with van der Waals surface area (Å²) in [6.07, 6.45) is -4.44. The first-order valence-corrected chi connectivity index (χ1v) is 6.03. The maximum Gasteiger partial charge on any atom is 0.406 e. The van der Waals surface area contributed by atoms with Crippen LogP contribution in [0.4, 0.5) is 18.0 Å². The zero-order valence-electron chi connectivity index (χ0n) is 11.0. The van der Waals surface area contributed by atoms with Crippen LogP contribution in [0.1, 0.15) is 22.1 Å². The molecule has 116 valence electrons. The Morgan fingerprint density at radius 2 is 2.14 bits per heavy atom. The molecule has 0 saturated carbocycles. The van der Waals surface area contributed by atoms with Gasteiger partial charge < -0.3 is 14.9 Å². The Morgan fingerprint density at radius 1 is 1.52 bits per heavy atom. The van der Waals surface area contributed by atoms with E-state index in [2.05, 4.69) is 10.2 Å². The topological polar surface area (TPSA) is 89.5 Å². The van der Waals surface area contributed by atoms with Crippen molar-refractivity contribution in [3.63, 3.8) is 0 Å². The molecule has 2 rings (SSSR count). The molecule has 2 amide bonds. The van der Waals surface area contributed by atoms with Crippen LogP contribution in [-0.2, 0) is 0 Å². The van der Waals surface area contributed by atoms with Crippen LogP contribution in [0.15, 0.2) is 6.07 Å². The van der Waals surface area contributed by atoms with Crippen molar-refractivity contribution in [3.05, 3.63) is 17.5 Å². The summed E-state index contributed by atoms with van der Waals surface area (Å²) >= 11 is 0. The summed E-state index contributed by atoms with van der Waals surface area (Å²) in [7, 11) is 1.09. The molecule has 2 heterocycles. The molecule has 2 N–H and O–H groups in total. The molecule has 0 unspecified atom stereocenters. The summed E-state index contributed by atoms with van der Waals surface area (Å²) in [4.78, 5) is 24.3. The molecule has 1 fully saturated rings. The fourth-order valence-corrected chi connectivity index (χ4v) is 2.06. The van der Waals surface area contributed by atoms with E-state index in [-0.39, 0.29) is 24.7 Å². The Bertz CT molecular complexity index is 551. The van der Waals surface area contributed by atoms with E-state index in [0.717, 1.165) is 7.05 Å². The van der Waals surface area contributed by atoms with Crippen molar-refractivity contribution in [1.82, 2.24) is 20.0 Å². The lowest BCUT2D eigenvalue weighted by Gasteiger charge is -2.40. The second-order valence-electron chi connectivity index (χ2n) is 4.87. The first kappa shape index (κ1) is 15.1. The van der Waals surface area contributed by atoms with Crippen LogP contribution in [0.5, 0.6) is 0 Å². The lowest BCUT2D eigenvalue weighted by Crippen LogP contribution is -2.54. The van der Waals surface area contributed by atoms with Gasteiger partial charge >= 0.3 is 18.2 Å². The second kappa shape index (κ2) is 5.26. The van der Waals surface area contributed by atoms with Crippen LogP contribution in [-0.4, -0.2) is 70.0 Å². The van der Waals surface area contributed by atoms with Gasteiger partial charge in [-0.3, -0.25) is 5.10 Å². The Labute approximate surface area is 117 Å². The smallest absolute Gasteiger partial charge is 0.406 e.